The molecule has 0 aliphatic carbocycles. The highest BCUT2D eigenvalue weighted by molar-refractivity contribution is 5.96. The fourth-order valence-corrected chi connectivity index (χ4v) is 3.34. The Labute approximate surface area is 193 Å². The van der Waals surface area contributed by atoms with E-state index in [1.54, 1.807) is 24.3 Å². The molecule has 3 amide bonds. The second kappa shape index (κ2) is 10.6. The number of carbonyl (C=O) groups excluding carboxylic acids is 3. The molecule has 7 heteroatoms. The van der Waals surface area contributed by atoms with Gasteiger partial charge >= 0.3 is 0 Å². The molecule has 0 bridgehead atoms. The molecule has 3 aromatic rings. The molecule has 172 valence electrons. The lowest BCUT2D eigenvalue weighted by Crippen LogP contribution is -2.48. The Morgan fingerprint density at radius 3 is 2.33 bits per heavy atom. The number of benzene rings is 2. The molecule has 1 heterocycles. The van der Waals surface area contributed by atoms with Gasteiger partial charge in [-0.3, -0.25) is 14.4 Å². The average Bonchev–Trinajstić information content (AvgIpc) is 3.31. The molecule has 2 aromatic carbocycles. The minimum Gasteiger partial charge on any atom is -0.451 e. The van der Waals surface area contributed by atoms with E-state index in [0.29, 0.717) is 17.9 Å². The highest BCUT2D eigenvalue weighted by Gasteiger charge is 2.25. The van der Waals surface area contributed by atoms with E-state index in [4.69, 9.17) is 4.42 Å². The zero-order chi connectivity index (χ0) is 24.0. The van der Waals surface area contributed by atoms with E-state index in [2.05, 4.69) is 16.0 Å². The SMILES string of the molecule is CNC(=O)C(NC(=O)c1ccc(-c2cccc(CNC(=O)c3ccc(C)cc3)c2)o1)C(C)C. The maximum atomic E-state index is 12.6. The second-order valence-electron chi connectivity index (χ2n) is 8.22. The van der Waals surface area contributed by atoms with E-state index in [9.17, 15) is 14.4 Å². The third-order valence-electron chi connectivity index (χ3n) is 5.29. The zero-order valence-electron chi connectivity index (χ0n) is 19.3. The molecule has 0 saturated heterocycles. The van der Waals surface area contributed by atoms with Crippen molar-refractivity contribution in [2.45, 2.75) is 33.4 Å². The fraction of sp³-hybridized carbons (Fsp3) is 0.269. The maximum absolute atomic E-state index is 12.6. The predicted octanol–water partition coefficient (Wildman–Crippen LogP) is 3.69. The minimum absolute atomic E-state index is 0.0739. The van der Waals surface area contributed by atoms with E-state index in [1.165, 1.54) is 7.05 Å². The summed E-state index contributed by atoms with van der Waals surface area (Å²) < 4.78 is 5.76. The molecule has 0 spiro atoms. The van der Waals surface area contributed by atoms with Crippen LogP contribution in [0.3, 0.4) is 0 Å². The number of rotatable bonds is 8. The molecule has 33 heavy (non-hydrogen) atoms. The van der Waals surface area contributed by atoms with Crippen LogP contribution >= 0.6 is 0 Å². The van der Waals surface area contributed by atoms with Gasteiger partial charge in [0.1, 0.15) is 11.8 Å². The van der Waals surface area contributed by atoms with Crippen LogP contribution in [-0.4, -0.2) is 30.8 Å². The number of hydrogen-bond acceptors (Lipinski definition) is 4. The number of aryl methyl sites for hydroxylation is 1. The van der Waals surface area contributed by atoms with Crippen LogP contribution in [0.1, 0.15) is 45.9 Å². The summed E-state index contributed by atoms with van der Waals surface area (Å²) in [6.45, 7) is 6.05. The average molecular weight is 448 g/mol. The van der Waals surface area contributed by atoms with Gasteiger partial charge in [-0.2, -0.15) is 0 Å². The molecule has 1 unspecified atom stereocenters. The second-order valence-corrected chi connectivity index (χ2v) is 8.22. The Hall–Kier alpha value is -3.87. The van der Waals surface area contributed by atoms with Crippen molar-refractivity contribution in [3.05, 3.63) is 83.1 Å². The molecule has 7 nitrogen and oxygen atoms in total. The predicted molar refractivity (Wildman–Crippen MR) is 127 cm³/mol. The molecule has 3 rings (SSSR count). The van der Waals surface area contributed by atoms with Gasteiger partial charge in [0, 0.05) is 24.7 Å². The van der Waals surface area contributed by atoms with E-state index in [1.807, 2.05) is 57.2 Å². The van der Waals surface area contributed by atoms with Crippen LogP contribution in [0.15, 0.2) is 65.1 Å². The molecular formula is C26H29N3O4. The van der Waals surface area contributed by atoms with Gasteiger partial charge in [0.15, 0.2) is 5.76 Å². The molecule has 3 N–H and O–H groups in total. The first-order chi connectivity index (χ1) is 15.8. The topological polar surface area (TPSA) is 100 Å². The Balaban J connectivity index is 1.67. The van der Waals surface area contributed by atoms with Gasteiger partial charge < -0.3 is 20.4 Å². The number of carbonyl (C=O) groups is 3. The maximum Gasteiger partial charge on any atom is 0.287 e. The molecule has 0 aliphatic heterocycles. The zero-order valence-corrected chi connectivity index (χ0v) is 19.3. The van der Waals surface area contributed by atoms with E-state index in [-0.39, 0.29) is 23.5 Å². The summed E-state index contributed by atoms with van der Waals surface area (Å²) >= 11 is 0. The van der Waals surface area contributed by atoms with E-state index < -0.39 is 11.9 Å². The van der Waals surface area contributed by atoms with Gasteiger partial charge in [-0.15, -0.1) is 0 Å². The minimum atomic E-state index is -0.656. The molecule has 0 saturated carbocycles. The Morgan fingerprint density at radius 1 is 0.939 bits per heavy atom. The monoisotopic (exact) mass is 447 g/mol. The number of nitrogens with one attached hydrogen (secondary N) is 3. The molecule has 1 aromatic heterocycles. The van der Waals surface area contributed by atoms with Gasteiger partial charge in [0.2, 0.25) is 5.91 Å². The smallest absolute Gasteiger partial charge is 0.287 e. The first-order valence-corrected chi connectivity index (χ1v) is 10.8. The first-order valence-electron chi connectivity index (χ1n) is 10.8. The fourth-order valence-electron chi connectivity index (χ4n) is 3.34. The molecular weight excluding hydrogens is 418 g/mol. The summed E-state index contributed by atoms with van der Waals surface area (Å²) in [4.78, 5) is 37.0. The summed E-state index contributed by atoms with van der Waals surface area (Å²) in [6, 6.07) is 17.6. The highest BCUT2D eigenvalue weighted by atomic mass is 16.4. The van der Waals surface area contributed by atoms with Crippen LogP contribution in [0, 0.1) is 12.8 Å². The highest BCUT2D eigenvalue weighted by Crippen LogP contribution is 2.23. The number of likely N-dealkylation sites (N-methyl/N-ethyl adjacent to an activating group) is 1. The Kier molecular flexibility index (Phi) is 7.66. The van der Waals surface area contributed by atoms with E-state index in [0.717, 1.165) is 16.7 Å². The van der Waals surface area contributed by atoms with Gasteiger partial charge in [0.25, 0.3) is 11.8 Å². The first kappa shape index (κ1) is 23.8. The van der Waals surface area contributed by atoms with Crippen molar-refractivity contribution in [1.82, 2.24) is 16.0 Å². The molecule has 0 radical (unpaired) electrons. The lowest BCUT2D eigenvalue weighted by Gasteiger charge is -2.19. The summed E-state index contributed by atoms with van der Waals surface area (Å²) in [7, 11) is 1.53. The third-order valence-corrected chi connectivity index (χ3v) is 5.29. The molecule has 0 aliphatic rings. The Bertz CT molecular complexity index is 1130. The van der Waals surface area contributed by atoms with Crippen LogP contribution < -0.4 is 16.0 Å². The number of hydrogen-bond donors (Lipinski definition) is 3. The normalized spacial score (nSPS) is 11.7. The van der Waals surface area contributed by atoms with Crippen LogP contribution in [0.5, 0.6) is 0 Å². The van der Waals surface area contributed by atoms with Gasteiger partial charge in [-0.1, -0.05) is 49.7 Å². The van der Waals surface area contributed by atoms with Crippen LogP contribution in [0.2, 0.25) is 0 Å². The quantitative estimate of drug-likeness (QED) is 0.490. The Morgan fingerprint density at radius 2 is 1.67 bits per heavy atom. The van der Waals surface area contributed by atoms with Crippen molar-refractivity contribution in [3.8, 4) is 11.3 Å². The molecule has 0 fully saturated rings. The summed E-state index contributed by atoms with van der Waals surface area (Å²) in [5, 5.41) is 8.19. The van der Waals surface area contributed by atoms with Gasteiger partial charge in [-0.25, -0.2) is 0 Å². The number of amides is 3. The third kappa shape index (κ3) is 6.10. The largest absolute Gasteiger partial charge is 0.451 e. The standard InChI is InChI=1S/C26H29N3O4/c1-16(2)23(26(32)27-4)29-25(31)22-13-12-21(33-22)20-7-5-6-18(14-20)15-28-24(30)19-10-8-17(3)9-11-19/h5-14,16,23H,15H2,1-4H3,(H,27,32)(H,28,30)(H,29,31). The van der Waals surface area contributed by atoms with Crippen molar-refractivity contribution in [3.63, 3.8) is 0 Å². The van der Waals surface area contributed by atoms with Crippen molar-refractivity contribution >= 4 is 17.7 Å². The van der Waals surface area contributed by atoms with Crippen molar-refractivity contribution in [2.24, 2.45) is 5.92 Å². The summed E-state index contributed by atoms with van der Waals surface area (Å²) in [6.07, 6.45) is 0. The summed E-state index contributed by atoms with van der Waals surface area (Å²) in [5.74, 6) is -0.288. The van der Waals surface area contributed by atoms with Crippen molar-refractivity contribution in [2.75, 3.05) is 7.05 Å². The van der Waals surface area contributed by atoms with Gasteiger partial charge in [-0.05, 0) is 48.7 Å². The van der Waals surface area contributed by atoms with Crippen LogP contribution in [-0.2, 0) is 11.3 Å². The van der Waals surface area contributed by atoms with Gasteiger partial charge in [0.05, 0.1) is 0 Å². The van der Waals surface area contributed by atoms with Crippen molar-refractivity contribution in [1.29, 1.82) is 0 Å². The van der Waals surface area contributed by atoms with Crippen molar-refractivity contribution < 1.29 is 18.8 Å². The van der Waals surface area contributed by atoms with Crippen LogP contribution in [0.25, 0.3) is 11.3 Å². The van der Waals surface area contributed by atoms with E-state index >= 15 is 0 Å². The lowest BCUT2D eigenvalue weighted by atomic mass is 10.0. The summed E-state index contributed by atoms with van der Waals surface area (Å²) in [5.41, 5.74) is 3.38. The molecule has 1 atom stereocenters. The van der Waals surface area contributed by atoms with Crippen LogP contribution in [0.4, 0.5) is 0 Å². The lowest BCUT2D eigenvalue weighted by molar-refractivity contribution is -0.123. The number of furan rings is 1.